The quantitative estimate of drug-likeness (QED) is 0.490. The molecular weight excluding hydrogens is 424 g/mol. The maximum atomic E-state index is 12.6. The summed E-state index contributed by atoms with van der Waals surface area (Å²) < 4.78 is 0. The van der Waals surface area contributed by atoms with E-state index in [4.69, 9.17) is 4.98 Å². The van der Waals surface area contributed by atoms with Gasteiger partial charge in [0, 0.05) is 80.4 Å². The molecule has 1 aromatic carbocycles. The van der Waals surface area contributed by atoms with Crippen LogP contribution in [0.15, 0.2) is 48.8 Å². The van der Waals surface area contributed by atoms with Gasteiger partial charge in [-0.2, -0.15) is 0 Å². The van der Waals surface area contributed by atoms with Gasteiger partial charge in [-0.15, -0.1) is 0 Å². The number of benzene rings is 1. The molecule has 3 aromatic rings. The maximum absolute atomic E-state index is 12.6. The van der Waals surface area contributed by atoms with Gasteiger partial charge in [-0.3, -0.25) is 9.78 Å². The maximum Gasteiger partial charge on any atom is 0.253 e. The second-order valence-electron chi connectivity index (χ2n) is 8.93. The third kappa shape index (κ3) is 5.72. The molecule has 1 aliphatic heterocycles. The van der Waals surface area contributed by atoms with Crippen molar-refractivity contribution in [2.45, 2.75) is 20.3 Å². The lowest BCUT2D eigenvalue weighted by atomic mass is 10.1. The number of pyridine rings is 2. The molecule has 3 heterocycles. The number of carbonyl (C=O) groups is 1. The molecule has 0 radical (unpaired) electrons. The van der Waals surface area contributed by atoms with Crippen LogP contribution in [-0.4, -0.2) is 90.0 Å². The highest BCUT2D eigenvalue weighted by molar-refractivity contribution is 5.95. The lowest BCUT2D eigenvalue weighted by Crippen LogP contribution is -2.44. The highest BCUT2D eigenvalue weighted by Crippen LogP contribution is 2.28. The fourth-order valence-electron chi connectivity index (χ4n) is 4.44. The van der Waals surface area contributed by atoms with Gasteiger partial charge in [0.05, 0.1) is 11.2 Å². The summed E-state index contributed by atoms with van der Waals surface area (Å²) in [6.45, 7) is 12.0. The van der Waals surface area contributed by atoms with E-state index in [0.717, 1.165) is 73.5 Å². The first-order valence-electron chi connectivity index (χ1n) is 12.4. The molecule has 180 valence electrons. The molecule has 1 amide bonds. The van der Waals surface area contributed by atoms with E-state index in [1.165, 1.54) is 0 Å². The molecule has 1 aliphatic rings. The minimum absolute atomic E-state index is 0.0665. The Morgan fingerprint density at radius 2 is 1.79 bits per heavy atom. The molecule has 7 nitrogen and oxygen atoms in total. The smallest absolute Gasteiger partial charge is 0.253 e. The van der Waals surface area contributed by atoms with Gasteiger partial charge < -0.3 is 20.0 Å². The normalized spacial score (nSPS) is 14.9. The van der Waals surface area contributed by atoms with Crippen LogP contribution in [-0.2, 0) is 0 Å². The van der Waals surface area contributed by atoms with E-state index >= 15 is 0 Å². The van der Waals surface area contributed by atoms with Crippen LogP contribution in [0.2, 0.25) is 0 Å². The van der Waals surface area contributed by atoms with Crippen molar-refractivity contribution in [3.8, 4) is 11.3 Å². The molecule has 7 heteroatoms. The van der Waals surface area contributed by atoms with Gasteiger partial charge in [-0.05, 0) is 58.1 Å². The highest BCUT2D eigenvalue weighted by Gasteiger charge is 2.15. The number of anilines is 1. The molecule has 4 rings (SSSR count). The van der Waals surface area contributed by atoms with Crippen LogP contribution < -0.4 is 5.32 Å². The van der Waals surface area contributed by atoms with Crippen molar-refractivity contribution in [1.82, 2.24) is 24.7 Å². The van der Waals surface area contributed by atoms with Gasteiger partial charge >= 0.3 is 0 Å². The third-order valence-corrected chi connectivity index (χ3v) is 6.65. The van der Waals surface area contributed by atoms with Crippen molar-refractivity contribution >= 4 is 22.5 Å². The molecular formula is C27H36N6O. The van der Waals surface area contributed by atoms with E-state index in [1.807, 2.05) is 55.3 Å². The molecule has 0 saturated carbocycles. The monoisotopic (exact) mass is 460 g/mol. The summed E-state index contributed by atoms with van der Waals surface area (Å²) >= 11 is 0. The van der Waals surface area contributed by atoms with Crippen LogP contribution in [0.25, 0.3) is 22.2 Å². The standard InChI is InChI=1S/C27H36N6O/c1-4-33(5-2)27(34)22-9-7-21(8-10-22)25-19-26(23-20-28-13-11-24(23)30-25)29-12-6-14-32-17-15-31(3)16-18-32/h7-11,13,19-20H,4-6,12,14-18H2,1-3H3,(H,29,30). The summed E-state index contributed by atoms with van der Waals surface area (Å²) in [7, 11) is 2.19. The number of fused-ring (bicyclic) bond motifs is 1. The first-order valence-corrected chi connectivity index (χ1v) is 12.4. The molecule has 0 aliphatic carbocycles. The fraction of sp³-hybridized carbons (Fsp3) is 0.444. The van der Waals surface area contributed by atoms with Crippen LogP contribution in [0, 0.1) is 0 Å². The minimum atomic E-state index is 0.0665. The number of amides is 1. The average Bonchev–Trinajstić information content (AvgIpc) is 2.88. The Morgan fingerprint density at radius 1 is 1.06 bits per heavy atom. The molecule has 34 heavy (non-hydrogen) atoms. The molecule has 1 N–H and O–H groups in total. The predicted octanol–water partition coefficient (Wildman–Crippen LogP) is 3.83. The van der Waals surface area contributed by atoms with E-state index in [0.29, 0.717) is 18.7 Å². The Kier molecular flexibility index (Phi) is 8.08. The first-order chi connectivity index (χ1) is 16.6. The largest absolute Gasteiger partial charge is 0.384 e. The lowest BCUT2D eigenvalue weighted by molar-refractivity contribution is 0.0773. The van der Waals surface area contributed by atoms with Gasteiger partial charge in [-0.1, -0.05) is 12.1 Å². The summed E-state index contributed by atoms with van der Waals surface area (Å²) in [5.41, 5.74) is 4.56. The van der Waals surface area contributed by atoms with Crippen molar-refractivity contribution < 1.29 is 4.79 Å². The van der Waals surface area contributed by atoms with E-state index in [1.54, 1.807) is 6.20 Å². The zero-order chi connectivity index (χ0) is 23.9. The highest BCUT2D eigenvalue weighted by atomic mass is 16.2. The number of nitrogens with one attached hydrogen (secondary N) is 1. The number of aromatic nitrogens is 2. The van der Waals surface area contributed by atoms with E-state index in [-0.39, 0.29) is 5.91 Å². The summed E-state index contributed by atoms with van der Waals surface area (Å²) in [4.78, 5) is 28.6. The van der Waals surface area contributed by atoms with Crippen LogP contribution in [0.3, 0.4) is 0 Å². The zero-order valence-electron chi connectivity index (χ0n) is 20.6. The van der Waals surface area contributed by atoms with Crippen molar-refractivity contribution in [2.75, 3.05) is 64.7 Å². The van der Waals surface area contributed by atoms with Crippen LogP contribution >= 0.6 is 0 Å². The Labute approximate surface area is 202 Å². The van der Waals surface area contributed by atoms with Crippen LogP contribution in [0.1, 0.15) is 30.6 Å². The minimum Gasteiger partial charge on any atom is -0.384 e. The Hall–Kier alpha value is -3.03. The number of rotatable bonds is 9. The fourth-order valence-corrected chi connectivity index (χ4v) is 4.44. The Balaban J connectivity index is 1.48. The van der Waals surface area contributed by atoms with Gasteiger partial charge in [0.2, 0.25) is 0 Å². The molecule has 1 fully saturated rings. The van der Waals surface area contributed by atoms with Crippen molar-refractivity contribution in [2.24, 2.45) is 0 Å². The van der Waals surface area contributed by atoms with Gasteiger partial charge in [0.25, 0.3) is 5.91 Å². The second kappa shape index (κ2) is 11.4. The third-order valence-electron chi connectivity index (χ3n) is 6.65. The molecule has 0 spiro atoms. The predicted molar refractivity (Wildman–Crippen MR) is 139 cm³/mol. The number of nitrogens with zero attached hydrogens (tertiary/aromatic N) is 5. The number of hydrogen-bond acceptors (Lipinski definition) is 6. The molecule has 0 bridgehead atoms. The SMILES string of the molecule is CCN(CC)C(=O)c1ccc(-c2cc(NCCCN3CCN(C)CC3)c3cnccc3n2)cc1. The second-order valence-corrected chi connectivity index (χ2v) is 8.93. The van der Waals surface area contributed by atoms with Crippen molar-refractivity contribution in [3.63, 3.8) is 0 Å². The van der Waals surface area contributed by atoms with Crippen LogP contribution in [0.4, 0.5) is 5.69 Å². The molecule has 2 aromatic heterocycles. The van der Waals surface area contributed by atoms with Crippen LogP contribution in [0.5, 0.6) is 0 Å². The number of carbonyl (C=O) groups excluding carboxylic acids is 1. The van der Waals surface area contributed by atoms with E-state index in [2.05, 4.69) is 33.2 Å². The van der Waals surface area contributed by atoms with Gasteiger partial charge in [0.15, 0.2) is 0 Å². The van der Waals surface area contributed by atoms with E-state index < -0.39 is 0 Å². The summed E-state index contributed by atoms with van der Waals surface area (Å²) in [5.74, 6) is 0.0665. The summed E-state index contributed by atoms with van der Waals surface area (Å²) in [6, 6.07) is 11.8. The molecule has 0 atom stereocenters. The number of piperazine rings is 1. The Bertz CT molecular complexity index is 1090. The summed E-state index contributed by atoms with van der Waals surface area (Å²) in [5, 5.41) is 4.66. The topological polar surface area (TPSA) is 64.6 Å². The average molecular weight is 461 g/mol. The van der Waals surface area contributed by atoms with Crippen molar-refractivity contribution in [3.05, 3.63) is 54.4 Å². The van der Waals surface area contributed by atoms with E-state index in [9.17, 15) is 4.79 Å². The molecule has 1 saturated heterocycles. The Morgan fingerprint density at radius 3 is 2.50 bits per heavy atom. The van der Waals surface area contributed by atoms with Gasteiger partial charge in [-0.25, -0.2) is 4.98 Å². The number of likely N-dealkylation sites (N-methyl/N-ethyl adjacent to an activating group) is 1. The first kappa shape index (κ1) is 24.1. The summed E-state index contributed by atoms with van der Waals surface area (Å²) in [6.07, 6.45) is 4.74. The number of hydrogen-bond donors (Lipinski definition) is 1. The zero-order valence-corrected chi connectivity index (χ0v) is 20.6. The van der Waals surface area contributed by atoms with Gasteiger partial charge in [0.1, 0.15) is 0 Å². The lowest BCUT2D eigenvalue weighted by Gasteiger charge is -2.32. The molecule has 0 unspecified atom stereocenters. The van der Waals surface area contributed by atoms with Crippen molar-refractivity contribution in [1.29, 1.82) is 0 Å².